The molecule has 2 aromatic heterocycles. The smallest absolute Gasteiger partial charge is 0.341 e. The van der Waals surface area contributed by atoms with Gasteiger partial charge in [-0.25, -0.2) is 4.79 Å². The SMILES string of the molecule is CCC(C)(C=O)C(N)C(=O)OCc1ccccc1.COC(=O)c1cc(-c2nccc3c2[nH]c2ccccc23)ccc1O. The fourth-order valence-electron chi connectivity index (χ4n) is 4.41. The highest BCUT2D eigenvalue weighted by Crippen LogP contribution is 2.33. The van der Waals surface area contributed by atoms with Crippen LogP contribution >= 0.6 is 0 Å². The van der Waals surface area contributed by atoms with Gasteiger partial charge in [-0.1, -0.05) is 62.4 Å². The van der Waals surface area contributed by atoms with Crippen molar-refractivity contribution >= 4 is 40.0 Å². The number of fused-ring (bicyclic) bond motifs is 3. The van der Waals surface area contributed by atoms with Crippen molar-refractivity contribution in [2.45, 2.75) is 32.9 Å². The number of aromatic amines is 1. The van der Waals surface area contributed by atoms with Crippen LogP contribution in [-0.4, -0.2) is 46.5 Å². The van der Waals surface area contributed by atoms with Crippen LogP contribution in [0.4, 0.5) is 0 Å². The lowest BCUT2D eigenvalue weighted by atomic mass is 9.82. The number of hydrogen-bond donors (Lipinski definition) is 3. The minimum absolute atomic E-state index is 0.116. The first-order valence-electron chi connectivity index (χ1n) is 13.4. The van der Waals surface area contributed by atoms with E-state index in [1.54, 1.807) is 25.3 Å². The first-order chi connectivity index (χ1) is 20.2. The molecule has 0 radical (unpaired) electrons. The van der Waals surface area contributed by atoms with Gasteiger partial charge in [0.15, 0.2) is 0 Å². The second kappa shape index (κ2) is 13.1. The van der Waals surface area contributed by atoms with Gasteiger partial charge in [0.25, 0.3) is 0 Å². The van der Waals surface area contributed by atoms with E-state index in [4.69, 9.17) is 15.2 Å². The Morgan fingerprint density at radius 2 is 1.76 bits per heavy atom. The number of aromatic hydroxyl groups is 1. The number of nitrogens with two attached hydrogens (primary N) is 1. The summed E-state index contributed by atoms with van der Waals surface area (Å²) in [4.78, 5) is 42.4. The molecule has 9 heteroatoms. The number of ether oxygens (including phenoxy) is 2. The number of carbonyl (C=O) groups is 3. The maximum atomic E-state index is 11.8. The number of aromatic nitrogens is 2. The number of benzene rings is 3. The van der Waals surface area contributed by atoms with Crippen LogP contribution < -0.4 is 5.73 Å². The van der Waals surface area contributed by atoms with Crippen LogP contribution in [0.15, 0.2) is 85.1 Å². The first-order valence-corrected chi connectivity index (χ1v) is 13.4. The number of aldehydes is 1. The third kappa shape index (κ3) is 6.31. The zero-order valence-electron chi connectivity index (χ0n) is 23.7. The number of phenols is 1. The molecule has 42 heavy (non-hydrogen) atoms. The molecule has 2 heterocycles. The van der Waals surface area contributed by atoms with Gasteiger partial charge in [-0.2, -0.15) is 0 Å². The van der Waals surface area contributed by atoms with E-state index in [-0.39, 0.29) is 17.9 Å². The van der Waals surface area contributed by atoms with Crippen LogP contribution in [0.3, 0.4) is 0 Å². The number of pyridine rings is 1. The molecule has 0 aliphatic rings. The molecule has 0 saturated heterocycles. The Labute approximate surface area is 243 Å². The maximum Gasteiger partial charge on any atom is 0.341 e. The van der Waals surface area contributed by atoms with Crippen molar-refractivity contribution in [2.75, 3.05) is 7.11 Å². The van der Waals surface area contributed by atoms with Gasteiger partial charge in [-0.15, -0.1) is 0 Å². The monoisotopic (exact) mass is 567 g/mol. The maximum absolute atomic E-state index is 11.8. The highest BCUT2D eigenvalue weighted by molar-refractivity contribution is 6.11. The molecule has 5 aromatic rings. The van der Waals surface area contributed by atoms with Crippen molar-refractivity contribution < 1.29 is 29.0 Å². The molecular formula is C33H33N3O6. The Hall–Kier alpha value is -5.02. The normalized spacial score (nSPS) is 13.0. The van der Waals surface area contributed by atoms with E-state index >= 15 is 0 Å². The molecule has 0 spiro atoms. The van der Waals surface area contributed by atoms with E-state index in [9.17, 15) is 19.5 Å². The van der Waals surface area contributed by atoms with E-state index in [2.05, 4.69) is 16.0 Å². The van der Waals surface area contributed by atoms with Crippen molar-refractivity contribution in [3.05, 3.63) is 96.2 Å². The fraction of sp³-hybridized carbons (Fsp3) is 0.212. The average Bonchev–Trinajstić information content (AvgIpc) is 3.42. The Kier molecular flexibility index (Phi) is 9.34. The van der Waals surface area contributed by atoms with Crippen LogP contribution in [0, 0.1) is 5.41 Å². The molecule has 5 rings (SSSR count). The highest BCUT2D eigenvalue weighted by Gasteiger charge is 2.36. The molecule has 0 fully saturated rings. The van der Waals surface area contributed by atoms with Crippen molar-refractivity contribution in [3.8, 4) is 17.0 Å². The molecule has 3 aromatic carbocycles. The minimum atomic E-state index is -0.927. The number of rotatable bonds is 8. The highest BCUT2D eigenvalue weighted by atomic mass is 16.5. The zero-order valence-corrected chi connectivity index (χ0v) is 23.7. The molecule has 2 unspecified atom stereocenters. The Morgan fingerprint density at radius 3 is 2.45 bits per heavy atom. The molecule has 0 amide bonds. The lowest BCUT2D eigenvalue weighted by Gasteiger charge is -2.26. The second-order valence-electron chi connectivity index (χ2n) is 10.0. The van der Waals surface area contributed by atoms with Crippen LogP contribution in [0.1, 0.15) is 36.2 Å². The summed E-state index contributed by atoms with van der Waals surface area (Å²) in [5, 5.41) is 12.1. The fourth-order valence-corrected chi connectivity index (χ4v) is 4.41. The van der Waals surface area contributed by atoms with Gasteiger partial charge in [0, 0.05) is 33.5 Å². The first kappa shape index (κ1) is 30.0. The lowest BCUT2D eigenvalue weighted by molar-refractivity contribution is -0.151. The summed E-state index contributed by atoms with van der Waals surface area (Å²) in [7, 11) is 1.28. The standard InChI is InChI=1S/C19H14N2O3.C14H19NO3/c1-24-19(23)14-10-11(6-7-16(14)22)17-18-13(8-9-20-17)12-4-2-3-5-15(12)21-18;1-3-14(2,10-16)12(15)13(17)18-9-11-7-5-4-6-8-11/h2-10,21-22H,1H3;4-8,10,12H,3,9,15H2,1-2H3. The van der Waals surface area contributed by atoms with Gasteiger partial charge < -0.3 is 30.1 Å². The molecule has 4 N–H and O–H groups in total. The third-order valence-electron chi connectivity index (χ3n) is 7.32. The number of para-hydroxylation sites is 1. The van der Waals surface area contributed by atoms with Crippen molar-refractivity contribution in [2.24, 2.45) is 11.1 Å². The number of esters is 2. The molecule has 0 bridgehead atoms. The second-order valence-corrected chi connectivity index (χ2v) is 10.0. The quantitative estimate of drug-likeness (QED) is 0.164. The van der Waals surface area contributed by atoms with Gasteiger partial charge in [-0.05, 0) is 42.3 Å². The van der Waals surface area contributed by atoms with Gasteiger partial charge in [0.2, 0.25) is 0 Å². The average molecular weight is 568 g/mol. The summed E-state index contributed by atoms with van der Waals surface area (Å²) in [5.74, 6) is -1.25. The number of methoxy groups -OCH3 is 1. The summed E-state index contributed by atoms with van der Waals surface area (Å²) in [6.45, 7) is 3.65. The van der Waals surface area contributed by atoms with Crippen LogP contribution in [0.5, 0.6) is 5.75 Å². The number of nitrogens with one attached hydrogen (secondary N) is 1. The summed E-state index contributed by atoms with van der Waals surface area (Å²) < 4.78 is 9.83. The van der Waals surface area contributed by atoms with Gasteiger partial charge >= 0.3 is 11.9 Å². The number of phenolic OH excluding ortho intramolecular Hbond substituents is 1. The largest absolute Gasteiger partial charge is 0.507 e. The van der Waals surface area contributed by atoms with Crippen LogP contribution in [-0.2, 0) is 25.7 Å². The number of H-pyrrole nitrogens is 1. The predicted octanol–water partition coefficient (Wildman–Crippen LogP) is 5.55. The summed E-state index contributed by atoms with van der Waals surface area (Å²) in [5.41, 5.74) is 9.27. The van der Waals surface area contributed by atoms with Crippen molar-refractivity contribution in [1.29, 1.82) is 0 Å². The van der Waals surface area contributed by atoms with Gasteiger partial charge in [0.1, 0.15) is 30.2 Å². The Morgan fingerprint density at radius 1 is 1.05 bits per heavy atom. The number of carbonyl (C=O) groups excluding carboxylic acids is 3. The van der Waals surface area contributed by atoms with E-state index in [1.807, 2.05) is 61.5 Å². The molecule has 0 aliphatic carbocycles. The van der Waals surface area contributed by atoms with Crippen LogP contribution in [0.25, 0.3) is 33.1 Å². The molecule has 9 nitrogen and oxygen atoms in total. The molecule has 2 atom stereocenters. The Bertz CT molecular complexity index is 1720. The number of hydrogen-bond acceptors (Lipinski definition) is 8. The Balaban J connectivity index is 0.000000202. The van der Waals surface area contributed by atoms with E-state index in [0.717, 1.165) is 39.2 Å². The van der Waals surface area contributed by atoms with Crippen molar-refractivity contribution in [1.82, 2.24) is 9.97 Å². The van der Waals surface area contributed by atoms with E-state index in [0.29, 0.717) is 12.1 Å². The van der Waals surface area contributed by atoms with Gasteiger partial charge in [-0.3, -0.25) is 9.78 Å². The minimum Gasteiger partial charge on any atom is -0.507 e. The lowest BCUT2D eigenvalue weighted by Crippen LogP contribution is -2.47. The van der Waals surface area contributed by atoms with Crippen LogP contribution in [0.2, 0.25) is 0 Å². The topological polar surface area (TPSA) is 145 Å². The molecular weight excluding hydrogens is 534 g/mol. The summed E-state index contributed by atoms with van der Waals surface area (Å²) in [6, 6.07) is 23.2. The van der Waals surface area contributed by atoms with Crippen molar-refractivity contribution in [3.63, 3.8) is 0 Å². The third-order valence-corrected chi connectivity index (χ3v) is 7.32. The molecule has 0 saturated carbocycles. The molecule has 0 aliphatic heterocycles. The molecule has 216 valence electrons. The predicted molar refractivity (Wildman–Crippen MR) is 161 cm³/mol. The number of nitrogens with zero attached hydrogens (tertiary/aromatic N) is 1. The van der Waals surface area contributed by atoms with E-state index < -0.39 is 23.4 Å². The van der Waals surface area contributed by atoms with E-state index in [1.165, 1.54) is 13.2 Å². The summed E-state index contributed by atoms with van der Waals surface area (Å²) in [6.07, 6.45) is 2.96. The summed E-state index contributed by atoms with van der Waals surface area (Å²) >= 11 is 0. The van der Waals surface area contributed by atoms with Gasteiger partial charge in [0.05, 0.1) is 18.3 Å². The zero-order chi connectivity index (χ0) is 30.3.